The van der Waals surface area contributed by atoms with E-state index in [1.807, 2.05) is 25.1 Å². The van der Waals surface area contributed by atoms with Gasteiger partial charge in [-0.3, -0.25) is 9.69 Å². The van der Waals surface area contributed by atoms with Crippen molar-refractivity contribution in [1.82, 2.24) is 4.90 Å². The number of rotatable bonds is 3. The van der Waals surface area contributed by atoms with Gasteiger partial charge in [0.1, 0.15) is 0 Å². The highest BCUT2D eigenvalue weighted by atomic mass is 16.1. The first kappa shape index (κ1) is 11.9. The summed E-state index contributed by atoms with van der Waals surface area (Å²) in [6.45, 7) is 5.54. The van der Waals surface area contributed by atoms with Crippen LogP contribution in [0, 0.1) is 0 Å². The molecule has 1 atom stereocenters. The highest BCUT2D eigenvalue weighted by Crippen LogP contribution is 2.16. The maximum absolute atomic E-state index is 11.1. The topological polar surface area (TPSA) is 49.6 Å². The molecule has 0 unspecified atom stereocenters. The summed E-state index contributed by atoms with van der Waals surface area (Å²) >= 11 is 0. The molecule has 4 heteroatoms. The molecule has 1 fully saturated rings. The molecule has 1 heterocycles. The first-order valence-electron chi connectivity index (χ1n) is 6.02. The number of hydrogen-bond acceptors (Lipinski definition) is 3. The van der Waals surface area contributed by atoms with Gasteiger partial charge in [-0.15, -0.1) is 0 Å². The Labute approximate surface area is 102 Å². The van der Waals surface area contributed by atoms with Crippen molar-refractivity contribution in [2.45, 2.75) is 13.0 Å². The molecular formula is C13H19N3O. The second-order valence-corrected chi connectivity index (χ2v) is 4.44. The molecule has 0 aromatic heterocycles. The van der Waals surface area contributed by atoms with Crippen LogP contribution >= 0.6 is 0 Å². The van der Waals surface area contributed by atoms with E-state index in [9.17, 15) is 4.79 Å². The van der Waals surface area contributed by atoms with Crippen molar-refractivity contribution in [2.24, 2.45) is 5.73 Å². The molecule has 2 N–H and O–H groups in total. The van der Waals surface area contributed by atoms with Crippen molar-refractivity contribution >= 4 is 11.6 Å². The third-order valence-corrected chi connectivity index (χ3v) is 3.40. The molecule has 1 aliphatic rings. The van der Waals surface area contributed by atoms with E-state index in [0.29, 0.717) is 0 Å². The molecular weight excluding hydrogens is 214 g/mol. The van der Waals surface area contributed by atoms with Gasteiger partial charge in [-0.05, 0) is 19.1 Å². The molecule has 17 heavy (non-hydrogen) atoms. The van der Waals surface area contributed by atoms with Crippen LogP contribution in [0.15, 0.2) is 30.3 Å². The summed E-state index contributed by atoms with van der Waals surface area (Å²) in [5.74, 6) is -0.238. The molecule has 1 saturated heterocycles. The minimum atomic E-state index is -0.238. The normalized spacial score (nSPS) is 19.0. The molecule has 1 aromatic carbocycles. The van der Waals surface area contributed by atoms with Gasteiger partial charge in [0.25, 0.3) is 0 Å². The highest BCUT2D eigenvalue weighted by molar-refractivity contribution is 5.79. The van der Waals surface area contributed by atoms with Crippen molar-refractivity contribution in [3.63, 3.8) is 0 Å². The van der Waals surface area contributed by atoms with Gasteiger partial charge in [0.15, 0.2) is 0 Å². The largest absolute Gasteiger partial charge is 0.369 e. The molecule has 1 aromatic rings. The van der Waals surface area contributed by atoms with E-state index in [2.05, 4.69) is 21.9 Å². The molecule has 92 valence electrons. The van der Waals surface area contributed by atoms with Crippen molar-refractivity contribution in [1.29, 1.82) is 0 Å². The maximum Gasteiger partial charge on any atom is 0.234 e. The van der Waals surface area contributed by atoms with Crippen molar-refractivity contribution < 1.29 is 4.79 Å². The van der Waals surface area contributed by atoms with Gasteiger partial charge in [-0.2, -0.15) is 0 Å². The Morgan fingerprint density at radius 1 is 1.18 bits per heavy atom. The summed E-state index contributed by atoms with van der Waals surface area (Å²) in [4.78, 5) is 15.6. The zero-order valence-corrected chi connectivity index (χ0v) is 10.2. The smallest absolute Gasteiger partial charge is 0.234 e. The fourth-order valence-electron chi connectivity index (χ4n) is 2.19. The van der Waals surface area contributed by atoms with Crippen LogP contribution in [0.25, 0.3) is 0 Å². The first-order valence-corrected chi connectivity index (χ1v) is 6.02. The molecule has 0 spiro atoms. The van der Waals surface area contributed by atoms with Crippen molar-refractivity contribution in [3.8, 4) is 0 Å². The van der Waals surface area contributed by atoms with Crippen LogP contribution in [-0.2, 0) is 4.79 Å². The summed E-state index contributed by atoms with van der Waals surface area (Å²) < 4.78 is 0. The van der Waals surface area contributed by atoms with Crippen molar-refractivity contribution in [2.75, 3.05) is 31.1 Å². The zero-order chi connectivity index (χ0) is 12.3. The number of carbonyl (C=O) groups excluding carboxylic acids is 1. The van der Waals surface area contributed by atoms with E-state index >= 15 is 0 Å². The fourth-order valence-corrected chi connectivity index (χ4v) is 2.19. The van der Waals surface area contributed by atoms with E-state index in [-0.39, 0.29) is 11.9 Å². The number of hydrogen-bond donors (Lipinski definition) is 1. The Morgan fingerprint density at radius 3 is 2.29 bits per heavy atom. The summed E-state index contributed by atoms with van der Waals surface area (Å²) in [5.41, 5.74) is 6.57. The number of primary amides is 1. The number of piperazine rings is 1. The number of carbonyl (C=O) groups is 1. The van der Waals surface area contributed by atoms with Crippen LogP contribution in [0.2, 0.25) is 0 Å². The van der Waals surface area contributed by atoms with Gasteiger partial charge in [-0.25, -0.2) is 0 Å². The van der Waals surface area contributed by atoms with Gasteiger partial charge < -0.3 is 10.6 Å². The van der Waals surface area contributed by atoms with Gasteiger partial charge in [-0.1, -0.05) is 18.2 Å². The molecule has 0 aliphatic carbocycles. The Balaban J connectivity index is 1.93. The Hall–Kier alpha value is -1.55. The van der Waals surface area contributed by atoms with Crippen molar-refractivity contribution in [3.05, 3.63) is 30.3 Å². The van der Waals surface area contributed by atoms with Crippen LogP contribution in [0.5, 0.6) is 0 Å². The van der Waals surface area contributed by atoms with Gasteiger partial charge in [0.2, 0.25) is 5.91 Å². The van der Waals surface area contributed by atoms with Crippen LogP contribution in [0.1, 0.15) is 6.92 Å². The third-order valence-electron chi connectivity index (χ3n) is 3.40. The Bertz CT molecular complexity index is 372. The number of anilines is 1. The number of nitrogens with zero attached hydrogens (tertiary/aromatic N) is 2. The van der Waals surface area contributed by atoms with Crippen LogP contribution in [-0.4, -0.2) is 43.0 Å². The summed E-state index contributed by atoms with van der Waals surface area (Å²) in [7, 11) is 0. The maximum atomic E-state index is 11.1. The van der Waals surface area contributed by atoms with Gasteiger partial charge in [0, 0.05) is 31.9 Å². The van der Waals surface area contributed by atoms with Crippen LogP contribution in [0.4, 0.5) is 5.69 Å². The minimum absolute atomic E-state index is 0.159. The van der Waals surface area contributed by atoms with E-state index in [4.69, 9.17) is 5.73 Å². The first-order chi connectivity index (χ1) is 8.18. The average molecular weight is 233 g/mol. The Morgan fingerprint density at radius 2 is 1.76 bits per heavy atom. The van der Waals surface area contributed by atoms with Gasteiger partial charge in [0.05, 0.1) is 6.04 Å². The molecule has 0 saturated carbocycles. The van der Waals surface area contributed by atoms with Gasteiger partial charge >= 0.3 is 0 Å². The minimum Gasteiger partial charge on any atom is -0.369 e. The molecule has 2 rings (SSSR count). The van der Waals surface area contributed by atoms with Crippen LogP contribution < -0.4 is 10.6 Å². The zero-order valence-electron chi connectivity index (χ0n) is 10.2. The second kappa shape index (κ2) is 5.19. The summed E-state index contributed by atoms with van der Waals surface area (Å²) in [5, 5.41) is 0. The van der Waals surface area contributed by atoms with E-state index < -0.39 is 0 Å². The van der Waals surface area contributed by atoms with E-state index in [1.54, 1.807) is 0 Å². The number of nitrogens with two attached hydrogens (primary N) is 1. The second-order valence-electron chi connectivity index (χ2n) is 4.44. The number of benzene rings is 1. The van der Waals surface area contributed by atoms with E-state index in [0.717, 1.165) is 26.2 Å². The Kier molecular flexibility index (Phi) is 3.64. The SMILES string of the molecule is C[C@@H](C(N)=O)N1CCN(c2ccccc2)CC1. The summed E-state index contributed by atoms with van der Waals surface area (Å²) in [6.07, 6.45) is 0. The molecule has 1 aliphatic heterocycles. The fraction of sp³-hybridized carbons (Fsp3) is 0.462. The number of para-hydroxylation sites is 1. The predicted molar refractivity (Wildman–Crippen MR) is 68.9 cm³/mol. The highest BCUT2D eigenvalue weighted by Gasteiger charge is 2.23. The van der Waals surface area contributed by atoms with Crippen LogP contribution in [0.3, 0.4) is 0 Å². The lowest BCUT2D eigenvalue weighted by Crippen LogP contribution is -2.53. The third kappa shape index (κ3) is 2.77. The predicted octanol–water partition coefficient (Wildman–Crippen LogP) is 0.682. The van der Waals surface area contributed by atoms with E-state index in [1.165, 1.54) is 5.69 Å². The lowest BCUT2D eigenvalue weighted by atomic mass is 10.2. The lowest BCUT2D eigenvalue weighted by molar-refractivity contribution is -0.122. The molecule has 0 radical (unpaired) electrons. The quantitative estimate of drug-likeness (QED) is 0.835. The summed E-state index contributed by atoms with van der Waals surface area (Å²) in [6, 6.07) is 10.2. The molecule has 1 amide bonds. The number of amides is 1. The monoisotopic (exact) mass is 233 g/mol. The standard InChI is InChI=1S/C13H19N3O/c1-11(13(14)17)15-7-9-16(10-8-15)12-5-3-2-4-6-12/h2-6,11H,7-10H2,1H3,(H2,14,17)/t11-/m0/s1. The molecule has 0 bridgehead atoms. The average Bonchev–Trinajstić information content (AvgIpc) is 2.39. The molecule has 4 nitrogen and oxygen atoms in total. The lowest BCUT2D eigenvalue weighted by Gasteiger charge is -2.38.